The highest BCUT2D eigenvalue weighted by atomic mass is 32.1. The molecule has 0 bridgehead atoms. The molecule has 20 heavy (non-hydrogen) atoms. The van der Waals surface area contributed by atoms with E-state index < -0.39 is 6.09 Å². The van der Waals surface area contributed by atoms with Gasteiger partial charge in [0.15, 0.2) is 5.01 Å². The van der Waals surface area contributed by atoms with E-state index in [0.29, 0.717) is 29.9 Å². The van der Waals surface area contributed by atoms with Crippen molar-refractivity contribution in [2.24, 2.45) is 11.8 Å². The zero-order valence-electron chi connectivity index (χ0n) is 11.1. The van der Waals surface area contributed by atoms with Crippen LogP contribution in [0.25, 0.3) is 0 Å². The highest BCUT2D eigenvalue weighted by Crippen LogP contribution is 2.32. The van der Waals surface area contributed by atoms with Crippen LogP contribution in [0, 0.1) is 11.8 Å². The van der Waals surface area contributed by atoms with E-state index in [9.17, 15) is 9.59 Å². The predicted molar refractivity (Wildman–Crippen MR) is 73.8 cm³/mol. The number of carboxylic acid groups (broad SMARTS) is 1. The van der Waals surface area contributed by atoms with Gasteiger partial charge in [-0.3, -0.25) is 4.79 Å². The van der Waals surface area contributed by atoms with Crippen LogP contribution in [0.4, 0.5) is 4.79 Å². The molecular formula is C13H17N3O3S. The van der Waals surface area contributed by atoms with Gasteiger partial charge in [0.1, 0.15) is 0 Å². The average Bonchev–Trinajstić information content (AvgIpc) is 2.90. The Hall–Kier alpha value is -1.63. The summed E-state index contributed by atoms with van der Waals surface area (Å²) < 4.78 is 0. The van der Waals surface area contributed by atoms with Crippen molar-refractivity contribution >= 4 is 23.3 Å². The molecule has 0 saturated carbocycles. The number of hydrogen-bond acceptors (Lipinski definition) is 4. The Morgan fingerprint density at radius 2 is 1.90 bits per heavy atom. The molecule has 3 heterocycles. The van der Waals surface area contributed by atoms with Crippen LogP contribution in [0.2, 0.25) is 0 Å². The van der Waals surface area contributed by atoms with Crippen molar-refractivity contribution < 1.29 is 14.7 Å². The molecule has 6 nitrogen and oxygen atoms in total. The molecule has 3 rings (SSSR count). The predicted octanol–water partition coefficient (Wildman–Crippen LogP) is 1.61. The van der Waals surface area contributed by atoms with Gasteiger partial charge in [-0.25, -0.2) is 9.78 Å². The van der Waals surface area contributed by atoms with E-state index in [0.717, 1.165) is 25.9 Å². The largest absolute Gasteiger partial charge is 0.465 e. The second-order valence-corrected chi connectivity index (χ2v) is 6.31. The molecule has 1 aromatic rings. The van der Waals surface area contributed by atoms with Gasteiger partial charge < -0.3 is 14.9 Å². The number of likely N-dealkylation sites (tertiary alicyclic amines) is 2. The van der Waals surface area contributed by atoms with Crippen LogP contribution in [-0.4, -0.2) is 58.1 Å². The van der Waals surface area contributed by atoms with E-state index in [4.69, 9.17) is 5.11 Å². The van der Waals surface area contributed by atoms with E-state index >= 15 is 0 Å². The molecule has 1 N–H and O–H groups in total. The molecule has 2 amide bonds. The standard InChI is InChI=1S/C13H17N3O3S/c17-12(11-14-3-6-20-11)15-4-1-9(2-5-15)10-7-16(8-10)13(18)19/h3,6,9-10H,1-2,4-5,7-8H2,(H,18,19). The first-order valence-electron chi connectivity index (χ1n) is 6.82. The van der Waals surface area contributed by atoms with Crippen LogP contribution < -0.4 is 0 Å². The molecule has 0 aliphatic carbocycles. The first-order chi connectivity index (χ1) is 9.65. The molecule has 0 radical (unpaired) electrons. The number of thiazole rings is 1. The summed E-state index contributed by atoms with van der Waals surface area (Å²) in [7, 11) is 0. The summed E-state index contributed by atoms with van der Waals surface area (Å²) >= 11 is 1.38. The molecule has 2 saturated heterocycles. The van der Waals surface area contributed by atoms with Crippen molar-refractivity contribution in [3.63, 3.8) is 0 Å². The third-order valence-electron chi connectivity index (χ3n) is 4.29. The Labute approximate surface area is 121 Å². The molecule has 2 fully saturated rings. The monoisotopic (exact) mass is 295 g/mol. The zero-order chi connectivity index (χ0) is 14.1. The molecule has 2 aliphatic rings. The molecule has 2 aliphatic heterocycles. The number of carbonyl (C=O) groups is 2. The van der Waals surface area contributed by atoms with Crippen molar-refractivity contribution in [2.75, 3.05) is 26.2 Å². The zero-order valence-corrected chi connectivity index (χ0v) is 11.9. The van der Waals surface area contributed by atoms with Crippen molar-refractivity contribution in [2.45, 2.75) is 12.8 Å². The van der Waals surface area contributed by atoms with E-state index in [1.807, 2.05) is 10.3 Å². The molecule has 108 valence electrons. The molecule has 0 spiro atoms. The molecule has 0 unspecified atom stereocenters. The van der Waals surface area contributed by atoms with Gasteiger partial charge in [0.25, 0.3) is 5.91 Å². The number of amides is 2. The SMILES string of the molecule is O=C(O)N1CC(C2CCN(C(=O)c3nccs3)CC2)C1. The van der Waals surface area contributed by atoms with Crippen molar-refractivity contribution in [1.29, 1.82) is 0 Å². The van der Waals surface area contributed by atoms with E-state index in [1.54, 1.807) is 6.20 Å². The lowest BCUT2D eigenvalue weighted by Crippen LogP contribution is -2.54. The normalized spacial score (nSPS) is 20.8. The second kappa shape index (κ2) is 5.40. The van der Waals surface area contributed by atoms with Gasteiger partial charge in [-0.05, 0) is 24.7 Å². The van der Waals surface area contributed by atoms with Crippen LogP contribution in [0.5, 0.6) is 0 Å². The number of hydrogen-bond donors (Lipinski definition) is 1. The smallest absolute Gasteiger partial charge is 0.407 e. The maximum absolute atomic E-state index is 12.2. The summed E-state index contributed by atoms with van der Waals surface area (Å²) in [6.45, 7) is 2.82. The first-order valence-corrected chi connectivity index (χ1v) is 7.69. The Bertz CT molecular complexity index is 491. The Kier molecular flexibility index (Phi) is 3.60. The minimum atomic E-state index is -0.822. The van der Waals surface area contributed by atoms with E-state index in [2.05, 4.69) is 4.98 Å². The van der Waals surface area contributed by atoms with Gasteiger partial charge in [0.2, 0.25) is 0 Å². The summed E-state index contributed by atoms with van der Waals surface area (Å²) in [5.74, 6) is 1.05. The van der Waals surface area contributed by atoms with Gasteiger partial charge in [-0.15, -0.1) is 11.3 Å². The minimum absolute atomic E-state index is 0.0271. The Morgan fingerprint density at radius 3 is 2.45 bits per heavy atom. The molecular weight excluding hydrogens is 278 g/mol. The van der Waals surface area contributed by atoms with Gasteiger partial charge in [0, 0.05) is 37.8 Å². The summed E-state index contributed by atoms with van der Waals surface area (Å²) in [6.07, 6.45) is 2.77. The maximum atomic E-state index is 12.2. The van der Waals surface area contributed by atoms with Gasteiger partial charge in [-0.1, -0.05) is 0 Å². The summed E-state index contributed by atoms with van der Waals surface area (Å²) in [4.78, 5) is 30.3. The molecule has 1 aromatic heterocycles. The third-order valence-corrected chi connectivity index (χ3v) is 5.05. The van der Waals surface area contributed by atoms with Crippen LogP contribution in [0.1, 0.15) is 22.6 Å². The highest BCUT2D eigenvalue weighted by Gasteiger charge is 2.38. The minimum Gasteiger partial charge on any atom is -0.465 e. The average molecular weight is 295 g/mol. The van der Waals surface area contributed by atoms with Crippen molar-refractivity contribution in [3.8, 4) is 0 Å². The summed E-state index contributed by atoms with van der Waals surface area (Å²) in [5.41, 5.74) is 0. The quantitative estimate of drug-likeness (QED) is 0.899. The van der Waals surface area contributed by atoms with E-state index in [1.165, 1.54) is 16.2 Å². The lowest BCUT2D eigenvalue weighted by molar-refractivity contribution is 0.0302. The van der Waals surface area contributed by atoms with Crippen LogP contribution in [0.15, 0.2) is 11.6 Å². The van der Waals surface area contributed by atoms with E-state index in [-0.39, 0.29) is 5.91 Å². The van der Waals surface area contributed by atoms with Gasteiger partial charge >= 0.3 is 6.09 Å². The lowest BCUT2D eigenvalue weighted by Gasteiger charge is -2.44. The Morgan fingerprint density at radius 1 is 1.20 bits per heavy atom. The maximum Gasteiger partial charge on any atom is 0.407 e. The number of aromatic nitrogens is 1. The van der Waals surface area contributed by atoms with Crippen molar-refractivity contribution in [3.05, 3.63) is 16.6 Å². The fraction of sp³-hybridized carbons (Fsp3) is 0.615. The molecule has 0 atom stereocenters. The van der Waals surface area contributed by atoms with Crippen molar-refractivity contribution in [1.82, 2.24) is 14.8 Å². The molecule has 7 heteroatoms. The number of nitrogens with zero attached hydrogens (tertiary/aromatic N) is 3. The summed E-state index contributed by atoms with van der Waals surface area (Å²) in [6, 6.07) is 0. The number of piperidine rings is 1. The first kappa shape index (κ1) is 13.4. The molecule has 0 aromatic carbocycles. The fourth-order valence-electron chi connectivity index (χ4n) is 3.01. The van der Waals surface area contributed by atoms with Gasteiger partial charge in [0.05, 0.1) is 0 Å². The second-order valence-electron chi connectivity index (χ2n) is 5.41. The highest BCUT2D eigenvalue weighted by molar-refractivity contribution is 7.11. The topological polar surface area (TPSA) is 73.7 Å². The van der Waals surface area contributed by atoms with Gasteiger partial charge in [-0.2, -0.15) is 0 Å². The fourth-order valence-corrected chi connectivity index (χ4v) is 3.61. The number of carbonyl (C=O) groups excluding carboxylic acids is 1. The third kappa shape index (κ3) is 2.49. The van der Waals surface area contributed by atoms with Crippen LogP contribution in [0.3, 0.4) is 0 Å². The summed E-state index contributed by atoms with van der Waals surface area (Å²) in [5, 5.41) is 11.2. The number of rotatable bonds is 2. The Balaban J connectivity index is 1.48. The van der Waals surface area contributed by atoms with Crippen LogP contribution in [-0.2, 0) is 0 Å². The van der Waals surface area contributed by atoms with Crippen LogP contribution >= 0.6 is 11.3 Å². The lowest BCUT2D eigenvalue weighted by atomic mass is 9.80.